The number of carbonyl (C=O) groups excluding carboxylic acids is 1. The van der Waals surface area contributed by atoms with Gasteiger partial charge in [-0.1, -0.05) is 30.3 Å². The molecule has 1 fully saturated rings. The van der Waals surface area contributed by atoms with Gasteiger partial charge in [0, 0.05) is 19.0 Å². The molecule has 0 spiro atoms. The summed E-state index contributed by atoms with van der Waals surface area (Å²) in [5.41, 5.74) is 0.777. The summed E-state index contributed by atoms with van der Waals surface area (Å²) >= 11 is 0. The van der Waals surface area contributed by atoms with E-state index in [1.54, 1.807) is 0 Å². The smallest absolute Gasteiger partial charge is 0.410 e. The molecule has 1 atom stereocenters. The minimum absolute atomic E-state index is 0.216. The molecule has 4 nitrogen and oxygen atoms in total. The largest absolute Gasteiger partial charge is 0.457 e. The van der Waals surface area contributed by atoms with Gasteiger partial charge in [0.05, 0.1) is 0 Å². The van der Waals surface area contributed by atoms with Gasteiger partial charge in [-0.15, -0.1) is 0 Å². The van der Waals surface area contributed by atoms with Gasteiger partial charge in [-0.2, -0.15) is 0 Å². The Morgan fingerprint density at radius 2 is 1.65 bits per heavy atom. The first-order valence-electron chi connectivity index (χ1n) is 9.21. The van der Waals surface area contributed by atoms with Crippen LogP contribution in [-0.4, -0.2) is 29.7 Å². The van der Waals surface area contributed by atoms with Crippen LogP contribution in [0.4, 0.5) is 4.79 Å². The van der Waals surface area contributed by atoms with Crippen LogP contribution >= 0.6 is 0 Å². The average Bonchev–Trinajstić information content (AvgIpc) is 2.62. The molecule has 1 aliphatic heterocycles. The summed E-state index contributed by atoms with van der Waals surface area (Å²) in [6, 6.07) is 17.9. The quantitative estimate of drug-likeness (QED) is 0.721. The first-order valence-corrected chi connectivity index (χ1v) is 9.21. The van der Waals surface area contributed by atoms with Crippen molar-refractivity contribution < 1.29 is 14.3 Å². The number of para-hydroxylation sites is 1. The van der Waals surface area contributed by atoms with Crippen molar-refractivity contribution in [2.45, 2.75) is 45.1 Å². The van der Waals surface area contributed by atoms with Gasteiger partial charge in [-0.05, 0) is 63.4 Å². The Bertz CT molecular complexity index is 719. The fourth-order valence-electron chi connectivity index (χ4n) is 3.17. The molecular weight excluding hydrogens is 326 g/mol. The van der Waals surface area contributed by atoms with Crippen molar-refractivity contribution in [3.63, 3.8) is 0 Å². The van der Waals surface area contributed by atoms with Gasteiger partial charge in [0.2, 0.25) is 0 Å². The van der Waals surface area contributed by atoms with E-state index in [-0.39, 0.29) is 6.09 Å². The first kappa shape index (κ1) is 18.3. The summed E-state index contributed by atoms with van der Waals surface area (Å²) in [7, 11) is 0. The van der Waals surface area contributed by atoms with Crippen molar-refractivity contribution in [1.82, 2.24) is 4.90 Å². The van der Waals surface area contributed by atoms with Crippen LogP contribution in [0.3, 0.4) is 0 Å². The lowest BCUT2D eigenvalue weighted by Gasteiger charge is -2.34. The maximum atomic E-state index is 12.3. The summed E-state index contributed by atoms with van der Waals surface area (Å²) in [6.45, 7) is 7.17. The Balaban J connectivity index is 1.62. The van der Waals surface area contributed by atoms with Crippen LogP contribution in [0.2, 0.25) is 0 Å². The fraction of sp³-hybridized carbons (Fsp3) is 0.409. The van der Waals surface area contributed by atoms with Gasteiger partial charge in [0.15, 0.2) is 0 Å². The highest BCUT2D eigenvalue weighted by atomic mass is 16.6. The molecule has 1 saturated heterocycles. The van der Waals surface area contributed by atoms with Crippen LogP contribution in [0, 0.1) is 0 Å². The van der Waals surface area contributed by atoms with Gasteiger partial charge in [0.25, 0.3) is 0 Å². The number of piperidine rings is 1. The van der Waals surface area contributed by atoms with Crippen LogP contribution in [0.15, 0.2) is 54.6 Å². The van der Waals surface area contributed by atoms with Crippen LogP contribution < -0.4 is 4.74 Å². The molecule has 1 heterocycles. The average molecular weight is 353 g/mol. The molecule has 26 heavy (non-hydrogen) atoms. The Hall–Kier alpha value is -2.49. The van der Waals surface area contributed by atoms with Gasteiger partial charge >= 0.3 is 6.09 Å². The van der Waals surface area contributed by atoms with E-state index in [4.69, 9.17) is 9.47 Å². The SMILES string of the molecule is CC(C)(C)OC(=O)N1CCCC(c2ccc(Oc3ccccc3)cc2)C1. The number of rotatable bonds is 3. The summed E-state index contributed by atoms with van der Waals surface area (Å²) in [5.74, 6) is 1.98. The van der Waals surface area contributed by atoms with E-state index in [0.29, 0.717) is 12.5 Å². The number of amides is 1. The lowest BCUT2D eigenvalue weighted by molar-refractivity contribution is 0.0198. The third-order valence-corrected chi connectivity index (χ3v) is 4.40. The third-order valence-electron chi connectivity index (χ3n) is 4.40. The van der Waals surface area contributed by atoms with Gasteiger partial charge in [0.1, 0.15) is 17.1 Å². The number of nitrogens with zero attached hydrogens (tertiary/aromatic N) is 1. The molecule has 138 valence electrons. The predicted octanol–water partition coefficient (Wildman–Crippen LogP) is 5.59. The second-order valence-corrected chi connectivity index (χ2v) is 7.75. The highest BCUT2D eigenvalue weighted by Crippen LogP contribution is 2.30. The molecule has 3 rings (SSSR count). The van der Waals surface area contributed by atoms with E-state index in [0.717, 1.165) is 30.9 Å². The Labute approximate surface area is 155 Å². The first-order chi connectivity index (χ1) is 12.4. The van der Waals surface area contributed by atoms with Crippen LogP contribution in [-0.2, 0) is 4.74 Å². The van der Waals surface area contributed by atoms with Crippen LogP contribution in [0.25, 0.3) is 0 Å². The number of benzene rings is 2. The Kier molecular flexibility index (Phi) is 5.50. The molecule has 0 bridgehead atoms. The Morgan fingerprint density at radius 3 is 2.31 bits per heavy atom. The lowest BCUT2D eigenvalue weighted by Crippen LogP contribution is -2.42. The van der Waals surface area contributed by atoms with E-state index in [1.807, 2.05) is 68.1 Å². The molecule has 1 aliphatic rings. The third kappa shape index (κ3) is 5.01. The minimum Gasteiger partial charge on any atom is -0.457 e. The normalized spacial score (nSPS) is 17.7. The highest BCUT2D eigenvalue weighted by molar-refractivity contribution is 5.68. The molecule has 0 aliphatic carbocycles. The second kappa shape index (κ2) is 7.81. The number of ether oxygens (including phenoxy) is 2. The minimum atomic E-state index is -0.458. The molecule has 2 aromatic rings. The van der Waals surface area contributed by atoms with E-state index in [1.165, 1.54) is 5.56 Å². The topological polar surface area (TPSA) is 38.8 Å². The summed E-state index contributed by atoms with van der Waals surface area (Å²) in [5, 5.41) is 0. The van der Waals surface area contributed by atoms with Crippen molar-refractivity contribution in [1.29, 1.82) is 0 Å². The highest BCUT2D eigenvalue weighted by Gasteiger charge is 2.28. The zero-order valence-corrected chi connectivity index (χ0v) is 15.8. The van der Waals surface area contributed by atoms with Crippen molar-refractivity contribution in [3.05, 3.63) is 60.2 Å². The molecule has 0 N–H and O–H groups in total. The molecule has 0 radical (unpaired) electrons. The van der Waals surface area contributed by atoms with E-state index >= 15 is 0 Å². The summed E-state index contributed by atoms with van der Waals surface area (Å²) in [6.07, 6.45) is 1.86. The monoisotopic (exact) mass is 353 g/mol. The van der Waals surface area contributed by atoms with E-state index in [2.05, 4.69) is 12.1 Å². The molecule has 1 unspecified atom stereocenters. The van der Waals surface area contributed by atoms with Crippen LogP contribution in [0.1, 0.15) is 45.1 Å². The molecule has 0 aromatic heterocycles. The molecule has 0 saturated carbocycles. The summed E-state index contributed by atoms with van der Waals surface area (Å²) < 4.78 is 11.4. The molecule has 2 aromatic carbocycles. The molecule has 1 amide bonds. The van der Waals surface area contributed by atoms with Crippen molar-refractivity contribution in [3.8, 4) is 11.5 Å². The maximum Gasteiger partial charge on any atom is 0.410 e. The zero-order chi connectivity index (χ0) is 18.6. The van der Waals surface area contributed by atoms with E-state index < -0.39 is 5.60 Å². The van der Waals surface area contributed by atoms with E-state index in [9.17, 15) is 4.79 Å². The maximum absolute atomic E-state index is 12.3. The number of carbonyl (C=O) groups is 1. The number of likely N-dealkylation sites (tertiary alicyclic amines) is 1. The number of hydrogen-bond donors (Lipinski definition) is 0. The number of hydrogen-bond acceptors (Lipinski definition) is 3. The molecule has 4 heteroatoms. The van der Waals surface area contributed by atoms with Gasteiger partial charge in [-0.25, -0.2) is 4.79 Å². The predicted molar refractivity (Wildman–Crippen MR) is 103 cm³/mol. The van der Waals surface area contributed by atoms with Crippen LogP contribution in [0.5, 0.6) is 11.5 Å². The fourth-order valence-corrected chi connectivity index (χ4v) is 3.17. The zero-order valence-electron chi connectivity index (χ0n) is 15.8. The van der Waals surface area contributed by atoms with Gasteiger partial charge < -0.3 is 14.4 Å². The van der Waals surface area contributed by atoms with Crippen molar-refractivity contribution in [2.24, 2.45) is 0 Å². The van der Waals surface area contributed by atoms with Crippen molar-refractivity contribution in [2.75, 3.05) is 13.1 Å². The molecular formula is C22H27NO3. The second-order valence-electron chi connectivity index (χ2n) is 7.75. The van der Waals surface area contributed by atoms with Gasteiger partial charge in [-0.3, -0.25) is 0 Å². The lowest BCUT2D eigenvalue weighted by atomic mass is 9.91. The van der Waals surface area contributed by atoms with Crippen molar-refractivity contribution >= 4 is 6.09 Å². The standard InChI is InChI=1S/C22H27NO3/c1-22(2,3)26-21(24)23-15-7-8-18(16-23)17-11-13-20(14-12-17)25-19-9-5-4-6-10-19/h4-6,9-14,18H,7-8,15-16H2,1-3H3. The Morgan fingerprint density at radius 1 is 1.00 bits per heavy atom. The summed E-state index contributed by atoms with van der Waals surface area (Å²) in [4.78, 5) is 14.2.